The number of carbonyl (C=O) groups excluding carboxylic acids is 1. The third-order valence-corrected chi connectivity index (χ3v) is 6.24. The van der Waals surface area contributed by atoms with Crippen LogP contribution in [0.2, 0.25) is 0 Å². The topological polar surface area (TPSA) is 145 Å². The van der Waals surface area contributed by atoms with E-state index in [-0.39, 0.29) is 18.9 Å². The van der Waals surface area contributed by atoms with E-state index in [2.05, 4.69) is 50.5 Å². The molecule has 2 aliphatic heterocycles. The fourth-order valence-corrected chi connectivity index (χ4v) is 4.61. The molecule has 10 heteroatoms. The molecule has 0 saturated carbocycles. The largest absolute Gasteiger partial charge is 0.493 e. The highest BCUT2D eigenvalue weighted by Crippen LogP contribution is 2.28. The number of rotatable bonds is 7. The smallest absolute Gasteiger partial charge is 0.290 e. The van der Waals surface area contributed by atoms with Crippen molar-refractivity contribution in [3.05, 3.63) is 82.9 Å². The number of amides is 1. The quantitative estimate of drug-likeness (QED) is 0.357. The Morgan fingerprint density at radius 2 is 1.86 bits per heavy atom. The monoisotopic (exact) mass is 508 g/mol. The van der Waals surface area contributed by atoms with Crippen molar-refractivity contribution in [3.8, 4) is 5.75 Å². The highest BCUT2D eigenvalue weighted by molar-refractivity contribution is 5.94. The summed E-state index contributed by atoms with van der Waals surface area (Å²) < 4.78 is 5.62. The van der Waals surface area contributed by atoms with Crippen molar-refractivity contribution in [3.63, 3.8) is 0 Å². The van der Waals surface area contributed by atoms with Gasteiger partial charge in [0.2, 0.25) is 0 Å². The van der Waals surface area contributed by atoms with E-state index in [9.17, 15) is 4.79 Å². The van der Waals surface area contributed by atoms with Gasteiger partial charge in [0.1, 0.15) is 11.6 Å². The number of likely N-dealkylation sites (tertiary alicyclic amines) is 1. The van der Waals surface area contributed by atoms with Gasteiger partial charge in [0, 0.05) is 37.5 Å². The second-order valence-electron chi connectivity index (χ2n) is 8.76. The Labute approximate surface area is 215 Å². The van der Waals surface area contributed by atoms with Crippen LogP contribution in [0.15, 0.2) is 54.9 Å². The summed E-state index contributed by atoms with van der Waals surface area (Å²) in [4.78, 5) is 38.7. The Bertz CT molecular complexity index is 1130. The second kappa shape index (κ2) is 14.4. The van der Waals surface area contributed by atoms with Gasteiger partial charge in [-0.05, 0) is 60.2 Å². The number of benzene rings is 2. The number of carboxylic acid groups (broad SMARTS) is 2. The molecule has 10 nitrogen and oxygen atoms in total. The van der Waals surface area contributed by atoms with Crippen molar-refractivity contribution in [1.29, 1.82) is 0 Å². The molecule has 196 valence electrons. The zero-order valence-corrected chi connectivity index (χ0v) is 20.5. The molecule has 37 heavy (non-hydrogen) atoms. The molecule has 0 aliphatic carbocycles. The minimum Gasteiger partial charge on any atom is -0.493 e. The predicted octanol–water partition coefficient (Wildman–Crippen LogP) is 2.74. The normalized spacial score (nSPS) is 15.7. The second-order valence-corrected chi connectivity index (χ2v) is 8.76. The Morgan fingerprint density at radius 1 is 1.14 bits per heavy atom. The van der Waals surface area contributed by atoms with E-state index in [1.165, 1.54) is 23.1 Å². The number of carbonyl (C=O) groups is 3. The molecule has 4 N–H and O–H groups in total. The molecule has 1 unspecified atom stereocenters. The number of nitrogens with one attached hydrogen (secondary N) is 2. The Morgan fingerprint density at radius 3 is 2.57 bits per heavy atom. The zero-order chi connectivity index (χ0) is 26.5. The van der Waals surface area contributed by atoms with E-state index < -0.39 is 0 Å². The van der Waals surface area contributed by atoms with Gasteiger partial charge < -0.3 is 25.3 Å². The number of hydrogen-bond donors (Lipinski definition) is 4. The minimum absolute atomic E-state index is 0.0743. The van der Waals surface area contributed by atoms with Gasteiger partial charge in [-0.3, -0.25) is 19.3 Å². The van der Waals surface area contributed by atoms with Gasteiger partial charge in [0.05, 0.1) is 13.2 Å². The van der Waals surface area contributed by atoms with Crippen molar-refractivity contribution < 1.29 is 29.3 Å². The third kappa shape index (κ3) is 8.46. The predicted molar refractivity (Wildman–Crippen MR) is 136 cm³/mol. The van der Waals surface area contributed by atoms with Crippen LogP contribution in [-0.2, 0) is 35.5 Å². The van der Waals surface area contributed by atoms with E-state index in [0.717, 1.165) is 50.7 Å². The minimum atomic E-state index is -0.250. The van der Waals surface area contributed by atoms with Crippen molar-refractivity contribution in [2.45, 2.75) is 32.4 Å². The van der Waals surface area contributed by atoms with E-state index in [1.807, 2.05) is 12.1 Å². The average Bonchev–Trinajstić information content (AvgIpc) is 3.67. The number of imidazole rings is 1. The van der Waals surface area contributed by atoms with Crippen molar-refractivity contribution in [1.82, 2.24) is 20.2 Å². The Hall–Kier alpha value is -4.18. The summed E-state index contributed by atoms with van der Waals surface area (Å²) in [5.41, 5.74) is 4.71. The number of nitrogens with zero attached hydrogens (tertiary/aromatic N) is 2. The Balaban J connectivity index is 0.000000580. The first kappa shape index (κ1) is 27.4. The molecule has 3 heterocycles. The molecule has 1 amide bonds. The SMILES string of the molecule is O=C(NCc1ncc[nH]1)c1ccc(CC2CCN(Cc3ccc4c(c3)CCO4)C2)cc1.O=CO.O=CO. The zero-order valence-electron chi connectivity index (χ0n) is 20.5. The van der Waals surface area contributed by atoms with Crippen LogP contribution in [0, 0.1) is 5.92 Å². The summed E-state index contributed by atoms with van der Waals surface area (Å²) in [5.74, 6) is 2.40. The number of fused-ring (bicyclic) bond motifs is 1. The molecule has 1 saturated heterocycles. The van der Waals surface area contributed by atoms with Crippen LogP contribution in [0.25, 0.3) is 0 Å². The number of H-pyrrole nitrogens is 1. The molecule has 0 radical (unpaired) electrons. The number of hydrogen-bond acceptors (Lipinski definition) is 6. The van der Waals surface area contributed by atoms with Gasteiger partial charge in [0.15, 0.2) is 0 Å². The van der Waals surface area contributed by atoms with E-state index in [4.69, 9.17) is 24.5 Å². The fourth-order valence-electron chi connectivity index (χ4n) is 4.61. The molecule has 1 aromatic heterocycles. The highest BCUT2D eigenvalue weighted by atomic mass is 16.5. The molecule has 1 atom stereocenters. The fraction of sp³-hybridized carbons (Fsp3) is 0.333. The lowest BCUT2D eigenvalue weighted by molar-refractivity contribution is -0.123. The van der Waals surface area contributed by atoms with E-state index >= 15 is 0 Å². The maximum absolute atomic E-state index is 12.3. The summed E-state index contributed by atoms with van der Waals surface area (Å²) in [7, 11) is 0. The van der Waals surface area contributed by atoms with Gasteiger partial charge in [0.25, 0.3) is 18.9 Å². The van der Waals surface area contributed by atoms with Gasteiger partial charge in [-0.2, -0.15) is 0 Å². The molecule has 0 bridgehead atoms. The molecule has 1 fully saturated rings. The van der Waals surface area contributed by atoms with Crippen molar-refractivity contribution in [2.24, 2.45) is 5.92 Å². The van der Waals surface area contributed by atoms with Crippen molar-refractivity contribution in [2.75, 3.05) is 19.7 Å². The summed E-state index contributed by atoms with van der Waals surface area (Å²) in [6, 6.07) is 14.7. The van der Waals surface area contributed by atoms with Crippen LogP contribution >= 0.6 is 0 Å². The maximum atomic E-state index is 12.3. The summed E-state index contributed by atoms with van der Waals surface area (Å²) >= 11 is 0. The molecule has 2 aromatic carbocycles. The third-order valence-electron chi connectivity index (χ3n) is 6.24. The lowest BCUT2D eigenvalue weighted by atomic mass is 9.98. The van der Waals surface area contributed by atoms with Gasteiger partial charge in [-0.15, -0.1) is 0 Å². The van der Waals surface area contributed by atoms with E-state index in [0.29, 0.717) is 18.0 Å². The molecule has 3 aromatic rings. The van der Waals surface area contributed by atoms with Crippen LogP contribution in [0.4, 0.5) is 0 Å². The molecular weight excluding hydrogens is 476 g/mol. The van der Waals surface area contributed by atoms with Gasteiger partial charge in [-0.25, -0.2) is 4.98 Å². The number of ether oxygens (including phenoxy) is 1. The molecule has 0 spiro atoms. The van der Waals surface area contributed by atoms with Gasteiger partial charge >= 0.3 is 0 Å². The highest BCUT2D eigenvalue weighted by Gasteiger charge is 2.23. The number of aromatic nitrogens is 2. The van der Waals surface area contributed by atoms with Crippen LogP contribution in [0.3, 0.4) is 0 Å². The van der Waals surface area contributed by atoms with Crippen LogP contribution in [0.1, 0.15) is 39.3 Å². The molecular formula is C27H32N4O6. The first-order valence-electron chi connectivity index (χ1n) is 12.0. The van der Waals surface area contributed by atoms with Crippen LogP contribution in [-0.4, -0.2) is 63.6 Å². The molecule has 5 rings (SSSR count). The summed E-state index contributed by atoms with van der Waals surface area (Å²) in [5, 5.41) is 16.7. The van der Waals surface area contributed by atoms with Gasteiger partial charge in [-0.1, -0.05) is 24.3 Å². The Kier molecular flexibility index (Phi) is 10.7. The maximum Gasteiger partial charge on any atom is 0.290 e. The lowest BCUT2D eigenvalue weighted by Crippen LogP contribution is -2.23. The standard InChI is InChI=1S/C25H28N4O2.2CH2O2/c30-25(28-15-24-26-9-10-27-24)21-4-1-18(2-5-21)13-20-7-11-29(17-20)16-19-3-6-23-22(14-19)8-12-31-23;2*2-1-3/h1-6,9-10,14,20H,7-8,11-13,15-17H2,(H,26,27)(H,28,30);2*1H,(H,2,3). The van der Waals surface area contributed by atoms with Crippen LogP contribution in [0.5, 0.6) is 5.75 Å². The summed E-state index contributed by atoms with van der Waals surface area (Å²) in [6.07, 6.45) is 6.74. The number of aromatic amines is 1. The first-order valence-corrected chi connectivity index (χ1v) is 12.0. The average molecular weight is 509 g/mol. The van der Waals surface area contributed by atoms with E-state index in [1.54, 1.807) is 12.4 Å². The molecule has 2 aliphatic rings. The van der Waals surface area contributed by atoms with Crippen LogP contribution < -0.4 is 10.1 Å². The van der Waals surface area contributed by atoms with Crippen molar-refractivity contribution >= 4 is 18.9 Å². The first-order chi connectivity index (χ1) is 18.1. The summed E-state index contributed by atoms with van der Waals surface area (Å²) in [6.45, 7) is 4.00. The lowest BCUT2D eigenvalue weighted by Gasteiger charge is -2.17.